The first-order valence-corrected chi connectivity index (χ1v) is 9.64. The van der Waals surface area contributed by atoms with Gasteiger partial charge >= 0.3 is 0 Å². The highest BCUT2D eigenvalue weighted by molar-refractivity contribution is 7.89. The number of ether oxygens (including phenoxy) is 1. The monoisotopic (exact) mass is 402 g/mol. The number of benzene rings is 2. The van der Waals surface area contributed by atoms with Gasteiger partial charge in [-0.2, -0.15) is 5.26 Å². The number of sulfonamides is 1. The van der Waals surface area contributed by atoms with Crippen molar-refractivity contribution < 1.29 is 22.7 Å². The maximum absolute atomic E-state index is 12.0. The first kappa shape index (κ1) is 20.9. The van der Waals surface area contributed by atoms with Crippen LogP contribution >= 0.6 is 0 Å². The second-order valence-electron chi connectivity index (χ2n) is 5.48. The number of nitrogens with one attached hydrogen (secondary N) is 3. The van der Waals surface area contributed by atoms with Crippen LogP contribution in [0.15, 0.2) is 59.5 Å². The Morgan fingerprint density at radius 1 is 0.964 bits per heavy atom. The zero-order valence-electron chi connectivity index (χ0n) is 14.7. The van der Waals surface area contributed by atoms with Crippen molar-refractivity contribution in [2.24, 2.45) is 0 Å². The fourth-order valence-electron chi connectivity index (χ4n) is 1.99. The van der Waals surface area contributed by atoms with Crippen LogP contribution in [0.5, 0.6) is 5.75 Å². The molecule has 10 heteroatoms. The van der Waals surface area contributed by atoms with Gasteiger partial charge in [0.15, 0.2) is 6.61 Å². The zero-order valence-corrected chi connectivity index (χ0v) is 15.5. The fourth-order valence-corrected chi connectivity index (χ4v) is 3.05. The molecule has 0 heterocycles. The van der Waals surface area contributed by atoms with Gasteiger partial charge in [-0.25, -0.2) is 13.1 Å². The van der Waals surface area contributed by atoms with Gasteiger partial charge in [0.05, 0.1) is 16.5 Å². The number of carbonyl (C=O) groups is 2. The Morgan fingerprint density at radius 2 is 1.61 bits per heavy atom. The molecule has 0 unspecified atom stereocenters. The Morgan fingerprint density at radius 3 is 2.25 bits per heavy atom. The molecule has 0 spiro atoms. The van der Waals surface area contributed by atoms with Crippen LogP contribution in [0.25, 0.3) is 0 Å². The molecule has 0 aliphatic heterocycles. The summed E-state index contributed by atoms with van der Waals surface area (Å²) in [4.78, 5) is 23.4. The SMILES string of the molecule is N#Cc1ccc(OCC(=O)NNC(=O)CCNS(=O)(=O)c2ccccc2)cc1. The average Bonchev–Trinajstić information content (AvgIpc) is 2.71. The van der Waals surface area contributed by atoms with Crippen LogP contribution in [-0.2, 0) is 19.6 Å². The van der Waals surface area contributed by atoms with Crippen molar-refractivity contribution in [2.75, 3.05) is 13.2 Å². The minimum atomic E-state index is -3.69. The molecule has 2 aromatic rings. The number of hydrogen-bond donors (Lipinski definition) is 3. The second-order valence-corrected chi connectivity index (χ2v) is 7.25. The summed E-state index contributed by atoms with van der Waals surface area (Å²) in [7, 11) is -3.69. The predicted molar refractivity (Wildman–Crippen MR) is 99.2 cm³/mol. The van der Waals surface area contributed by atoms with E-state index in [1.165, 1.54) is 12.1 Å². The molecule has 2 amide bonds. The van der Waals surface area contributed by atoms with Crippen LogP contribution < -0.4 is 20.3 Å². The van der Waals surface area contributed by atoms with Crippen molar-refractivity contribution in [3.63, 3.8) is 0 Å². The van der Waals surface area contributed by atoms with Gasteiger partial charge in [0.1, 0.15) is 5.75 Å². The van der Waals surface area contributed by atoms with Gasteiger partial charge in [0.2, 0.25) is 15.9 Å². The van der Waals surface area contributed by atoms with E-state index in [2.05, 4.69) is 15.6 Å². The van der Waals surface area contributed by atoms with Gasteiger partial charge in [-0.05, 0) is 36.4 Å². The van der Waals surface area contributed by atoms with E-state index < -0.39 is 21.8 Å². The molecule has 9 nitrogen and oxygen atoms in total. The molecular weight excluding hydrogens is 384 g/mol. The van der Waals surface area contributed by atoms with E-state index in [1.54, 1.807) is 42.5 Å². The average molecular weight is 402 g/mol. The highest BCUT2D eigenvalue weighted by atomic mass is 32.2. The van der Waals surface area contributed by atoms with E-state index in [9.17, 15) is 18.0 Å². The van der Waals surface area contributed by atoms with Crippen molar-refractivity contribution in [1.29, 1.82) is 5.26 Å². The summed E-state index contributed by atoms with van der Waals surface area (Å²) in [5.41, 5.74) is 4.79. The van der Waals surface area contributed by atoms with Crippen molar-refractivity contribution in [1.82, 2.24) is 15.6 Å². The Labute approximate surface area is 162 Å². The lowest BCUT2D eigenvalue weighted by atomic mass is 10.2. The summed E-state index contributed by atoms with van der Waals surface area (Å²) in [6.07, 6.45) is -0.164. The molecule has 0 radical (unpaired) electrons. The first-order chi connectivity index (χ1) is 13.4. The van der Waals surface area contributed by atoms with Crippen molar-refractivity contribution in [2.45, 2.75) is 11.3 Å². The second kappa shape index (κ2) is 10.1. The molecular formula is C18H18N4O5S. The molecule has 3 N–H and O–H groups in total. The number of carbonyl (C=O) groups excluding carboxylic acids is 2. The standard InChI is InChI=1S/C18H18N4O5S/c19-12-14-6-8-15(9-7-14)27-13-18(24)22-21-17(23)10-11-20-28(25,26)16-4-2-1-3-5-16/h1-9,20H,10-11,13H2,(H,21,23)(H,22,24). The van der Waals surface area contributed by atoms with Crippen molar-refractivity contribution >= 4 is 21.8 Å². The first-order valence-electron chi connectivity index (χ1n) is 8.16. The van der Waals surface area contributed by atoms with E-state index >= 15 is 0 Å². The fraction of sp³-hybridized carbons (Fsp3) is 0.167. The van der Waals surface area contributed by atoms with Crippen LogP contribution in [0.1, 0.15) is 12.0 Å². The lowest BCUT2D eigenvalue weighted by Gasteiger charge is -2.09. The largest absolute Gasteiger partial charge is 0.484 e. The van der Waals surface area contributed by atoms with Crippen LogP contribution in [-0.4, -0.2) is 33.4 Å². The van der Waals surface area contributed by atoms with Gasteiger partial charge < -0.3 is 4.74 Å². The van der Waals surface area contributed by atoms with E-state index in [4.69, 9.17) is 10.00 Å². The Kier molecular flexibility index (Phi) is 7.50. The molecule has 0 aliphatic carbocycles. The highest BCUT2D eigenvalue weighted by Crippen LogP contribution is 2.11. The van der Waals surface area contributed by atoms with Gasteiger partial charge in [0.25, 0.3) is 5.91 Å². The lowest BCUT2D eigenvalue weighted by Crippen LogP contribution is -2.44. The minimum Gasteiger partial charge on any atom is -0.484 e. The third-order valence-electron chi connectivity index (χ3n) is 3.39. The number of hydrazine groups is 1. The Bertz CT molecular complexity index is 954. The Balaban J connectivity index is 1.66. The van der Waals surface area contributed by atoms with Crippen LogP contribution in [0.2, 0.25) is 0 Å². The van der Waals surface area contributed by atoms with Gasteiger partial charge in [-0.1, -0.05) is 18.2 Å². The molecule has 2 aromatic carbocycles. The number of nitriles is 1. The zero-order chi connectivity index (χ0) is 20.4. The van der Waals surface area contributed by atoms with Crippen LogP contribution in [0, 0.1) is 11.3 Å². The summed E-state index contributed by atoms with van der Waals surface area (Å²) in [6, 6.07) is 15.9. The van der Waals surface area contributed by atoms with Gasteiger partial charge in [0, 0.05) is 13.0 Å². The molecule has 0 saturated heterocycles. The molecule has 2 rings (SSSR count). The highest BCUT2D eigenvalue weighted by Gasteiger charge is 2.13. The number of nitrogens with zero attached hydrogens (tertiary/aromatic N) is 1. The minimum absolute atomic E-state index is 0.101. The quantitative estimate of drug-likeness (QED) is 0.548. The van der Waals surface area contributed by atoms with Gasteiger partial charge in [-0.15, -0.1) is 0 Å². The smallest absolute Gasteiger partial charge is 0.276 e. The molecule has 28 heavy (non-hydrogen) atoms. The molecule has 0 bridgehead atoms. The maximum Gasteiger partial charge on any atom is 0.276 e. The third-order valence-corrected chi connectivity index (χ3v) is 4.87. The van der Waals surface area contributed by atoms with Crippen LogP contribution in [0.4, 0.5) is 0 Å². The summed E-state index contributed by atoms with van der Waals surface area (Å²) in [5, 5.41) is 8.70. The van der Waals surface area contributed by atoms with Gasteiger partial charge in [-0.3, -0.25) is 20.4 Å². The lowest BCUT2D eigenvalue weighted by molar-refractivity contribution is -0.129. The van der Waals surface area contributed by atoms with E-state index in [-0.39, 0.29) is 24.5 Å². The summed E-state index contributed by atoms with van der Waals surface area (Å²) >= 11 is 0. The maximum atomic E-state index is 12.0. The molecule has 0 atom stereocenters. The summed E-state index contributed by atoms with van der Waals surface area (Å²) in [5.74, 6) is -0.763. The van der Waals surface area contributed by atoms with E-state index in [0.29, 0.717) is 11.3 Å². The third kappa shape index (κ3) is 6.71. The molecule has 0 fully saturated rings. The number of hydrogen-bond acceptors (Lipinski definition) is 6. The van der Waals surface area contributed by atoms with Crippen LogP contribution in [0.3, 0.4) is 0 Å². The topological polar surface area (TPSA) is 137 Å². The van der Waals surface area contributed by atoms with E-state index in [1.807, 2.05) is 6.07 Å². The molecule has 146 valence electrons. The van der Waals surface area contributed by atoms with Crippen molar-refractivity contribution in [3.8, 4) is 11.8 Å². The molecule has 0 aliphatic rings. The number of rotatable bonds is 8. The normalized spacial score (nSPS) is 10.5. The summed E-state index contributed by atoms with van der Waals surface area (Å²) < 4.78 is 31.5. The number of amides is 2. The Hall–Kier alpha value is -3.42. The predicted octanol–water partition coefficient (Wildman–Crippen LogP) is 0.453. The molecule has 0 aromatic heterocycles. The molecule has 0 saturated carbocycles. The van der Waals surface area contributed by atoms with Crippen molar-refractivity contribution in [3.05, 3.63) is 60.2 Å². The summed E-state index contributed by atoms with van der Waals surface area (Å²) in [6.45, 7) is -0.465. The van der Waals surface area contributed by atoms with E-state index in [0.717, 1.165) is 0 Å².